The molecule has 1 fully saturated rings. The quantitative estimate of drug-likeness (QED) is 0.317. The lowest BCUT2D eigenvalue weighted by Crippen LogP contribution is -2.28. The number of benzene rings is 1. The average molecular weight is 365 g/mol. The van der Waals surface area contributed by atoms with Gasteiger partial charge in [-0.1, -0.05) is 60.6 Å². The first-order valence-corrected chi connectivity index (χ1v) is 10.7. The minimum atomic E-state index is -0.110. The molecule has 0 aliphatic heterocycles. The molecule has 3 rings (SSSR count). The summed E-state index contributed by atoms with van der Waals surface area (Å²) >= 11 is 0. The first kappa shape index (κ1) is 20.1. The van der Waals surface area contributed by atoms with Crippen LogP contribution in [-0.4, -0.2) is 12.2 Å². The first-order chi connectivity index (χ1) is 12.9. The largest absolute Gasteiger partial charge is 0.375 e. The fraction of sp³-hybridized carbons (Fsp3) is 0.538. The van der Waals surface area contributed by atoms with Crippen molar-refractivity contribution < 1.29 is 4.74 Å². The van der Waals surface area contributed by atoms with Crippen molar-refractivity contribution in [3.05, 3.63) is 65.3 Å². The molecule has 0 saturated heterocycles. The van der Waals surface area contributed by atoms with E-state index in [-0.39, 0.29) is 5.60 Å². The van der Waals surface area contributed by atoms with Gasteiger partial charge in [0.2, 0.25) is 0 Å². The van der Waals surface area contributed by atoms with Gasteiger partial charge in [-0.25, -0.2) is 0 Å². The molecule has 0 aromatic heterocycles. The zero-order chi connectivity index (χ0) is 19.3. The number of rotatable bonds is 10. The summed E-state index contributed by atoms with van der Waals surface area (Å²) in [7, 11) is 0. The molecule has 2 unspecified atom stereocenters. The molecule has 1 heteroatoms. The normalized spacial score (nSPS) is 20.8. The number of ether oxygens (including phenoxy) is 1. The molecular weight excluding hydrogens is 328 g/mol. The third-order valence-electron chi connectivity index (χ3n) is 5.66. The van der Waals surface area contributed by atoms with Gasteiger partial charge in [0.1, 0.15) is 0 Å². The predicted octanol–water partition coefficient (Wildman–Crippen LogP) is 7.14. The van der Waals surface area contributed by atoms with Crippen LogP contribution in [0.2, 0.25) is 0 Å². The Morgan fingerprint density at radius 1 is 1.19 bits per heavy atom. The molecule has 146 valence electrons. The van der Waals surface area contributed by atoms with Crippen molar-refractivity contribution in [1.82, 2.24) is 0 Å². The molecular formula is C26H36O. The smallest absolute Gasteiger partial charge is 0.0666 e. The van der Waals surface area contributed by atoms with Gasteiger partial charge in [-0.05, 0) is 81.9 Å². The molecule has 2 atom stereocenters. The number of allylic oxidation sites excluding steroid dienone is 6. The summed E-state index contributed by atoms with van der Waals surface area (Å²) < 4.78 is 6.23. The molecule has 0 spiro atoms. The van der Waals surface area contributed by atoms with Crippen molar-refractivity contribution >= 4 is 5.57 Å². The Hall–Kier alpha value is -1.60. The van der Waals surface area contributed by atoms with Gasteiger partial charge in [0.15, 0.2) is 0 Å². The zero-order valence-electron chi connectivity index (χ0n) is 17.6. The van der Waals surface area contributed by atoms with Crippen LogP contribution in [0.5, 0.6) is 0 Å². The summed E-state index contributed by atoms with van der Waals surface area (Å²) in [6.45, 7) is 9.65. The maximum atomic E-state index is 6.23. The van der Waals surface area contributed by atoms with E-state index in [0.29, 0.717) is 0 Å². The van der Waals surface area contributed by atoms with E-state index in [2.05, 4.69) is 76.3 Å². The summed E-state index contributed by atoms with van der Waals surface area (Å²) in [4.78, 5) is 0. The molecule has 0 radical (unpaired) electrons. The van der Waals surface area contributed by atoms with Crippen molar-refractivity contribution in [3.8, 4) is 0 Å². The SMILES string of the molecule is CC(C)=CCCCCCOC(C)(C)Cc1cccc(C2=CC=CC3CC23)c1. The monoisotopic (exact) mass is 364 g/mol. The van der Waals surface area contributed by atoms with Crippen LogP contribution in [0.4, 0.5) is 0 Å². The summed E-state index contributed by atoms with van der Waals surface area (Å²) in [5.74, 6) is 1.56. The second-order valence-electron chi connectivity index (χ2n) is 9.13. The minimum Gasteiger partial charge on any atom is -0.375 e. The summed E-state index contributed by atoms with van der Waals surface area (Å²) in [6.07, 6.45) is 16.4. The number of unbranched alkanes of at least 4 members (excludes halogenated alkanes) is 3. The first-order valence-electron chi connectivity index (χ1n) is 10.7. The van der Waals surface area contributed by atoms with E-state index >= 15 is 0 Å². The van der Waals surface area contributed by atoms with E-state index in [1.807, 2.05) is 0 Å². The molecule has 2 aliphatic carbocycles. The van der Waals surface area contributed by atoms with E-state index in [9.17, 15) is 0 Å². The molecule has 0 N–H and O–H groups in total. The van der Waals surface area contributed by atoms with Gasteiger partial charge in [0, 0.05) is 13.0 Å². The van der Waals surface area contributed by atoms with Crippen LogP contribution < -0.4 is 0 Å². The summed E-state index contributed by atoms with van der Waals surface area (Å²) in [6, 6.07) is 9.10. The maximum absolute atomic E-state index is 6.23. The summed E-state index contributed by atoms with van der Waals surface area (Å²) in [5.41, 5.74) is 5.63. The van der Waals surface area contributed by atoms with Gasteiger partial charge in [0.25, 0.3) is 0 Å². The molecule has 1 saturated carbocycles. The highest BCUT2D eigenvalue weighted by Crippen LogP contribution is 2.51. The topological polar surface area (TPSA) is 9.23 Å². The van der Waals surface area contributed by atoms with Crippen LogP contribution in [-0.2, 0) is 11.2 Å². The van der Waals surface area contributed by atoms with Gasteiger partial charge >= 0.3 is 0 Å². The van der Waals surface area contributed by atoms with E-state index in [1.165, 1.54) is 48.0 Å². The fourth-order valence-corrected chi connectivity index (χ4v) is 4.09. The highest BCUT2D eigenvalue weighted by Gasteiger charge is 2.39. The van der Waals surface area contributed by atoms with Crippen LogP contribution in [0.3, 0.4) is 0 Å². The lowest BCUT2D eigenvalue weighted by Gasteiger charge is -2.26. The highest BCUT2D eigenvalue weighted by atomic mass is 16.5. The highest BCUT2D eigenvalue weighted by molar-refractivity contribution is 5.73. The van der Waals surface area contributed by atoms with E-state index < -0.39 is 0 Å². The fourth-order valence-electron chi connectivity index (χ4n) is 4.09. The Morgan fingerprint density at radius 3 is 2.85 bits per heavy atom. The number of fused-ring (bicyclic) bond motifs is 1. The molecule has 2 aliphatic rings. The minimum absolute atomic E-state index is 0.110. The Bertz CT molecular complexity index is 715. The Kier molecular flexibility index (Phi) is 6.76. The van der Waals surface area contributed by atoms with Crippen molar-refractivity contribution in [1.29, 1.82) is 0 Å². The molecule has 0 bridgehead atoms. The Labute approximate surface area is 166 Å². The Morgan fingerprint density at radius 2 is 2.04 bits per heavy atom. The third-order valence-corrected chi connectivity index (χ3v) is 5.66. The third kappa shape index (κ3) is 6.21. The summed E-state index contributed by atoms with van der Waals surface area (Å²) in [5, 5.41) is 0. The predicted molar refractivity (Wildman–Crippen MR) is 117 cm³/mol. The van der Waals surface area contributed by atoms with Crippen LogP contribution in [0.25, 0.3) is 5.57 Å². The van der Waals surface area contributed by atoms with Gasteiger partial charge in [-0.15, -0.1) is 0 Å². The maximum Gasteiger partial charge on any atom is 0.0666 e. The Balaban J connectivity index is 1.46. The lowest BCUT2D eigenvalue weighted by atomic mass is 9.92. The molecule has 27 heavy (non-hydrogen) atoms. The molecule has 0 heterocycles. The lowest BCUT2D eigenvalue weighted by molar-refractivity contribution is -0.0186. The van der Waals surface area contributed by atoms with Crippen LogP contribution in [0.15, 0.2) is 54.1 Å². The standard InChI is InChI=1S/C26H36O/c1-20(2)11-7-5-6-8-16-27-26(3,4)19-21-12-9-13-22(17-21)24-15-10-14-23-18-25(23)24/h9-15,17,23,25H,5-8,16,18-19H2,1-4H3. The van der Waals surface area contributed by atoms with Crippen molar-refractivity contribution in [2.75, 3.05) is 6.61 Å². The van der Waals surface area contributed by atoms with Crippen LogP contribution in [0.1, 0.15) is 70.9 Å². The second kappa shape index (κ2) is 9.06. The van der Waals surface area contributed by atoms with Gasteiger partial charge in [0.05, 0.1) is 5.60 Å². The number of hydrogen-bond donors (Lipinski definition) is 0. The van der Waals surface area contributed by atoms with Gasteiger partial charge in [-0.2, -0.15) is 0 Å². The van der Waals surface area contributed by atoms with Crippen molar-refractivity contribution in [2.45, 2.75) is 71.8 Å². The molecule has 0 amide bonds. The van der Waals surface area contributed by atoms with Crippen LogP contribution >= 0.6 is 0 Å². The van der Waals surface area contributed by atoms with Gasteiger partial charge < -0.3 is 4.74 Å². The van der Waals surface area contributed by atoms with E-state index in [4.69, 9.17) is 4.74 Å². The second-order valence-corrected chi connectivity index (χ2v) is 9.13. The van der Waals surface area contributed by atoms with Crippen LogP contribution in [0, 0.1) is 11.8 Å². The molecule has 1 aromatic carbocycles. The van der Waals surface area contributed by atoms with Crippen molar-refractivity contribution in [3.63, 3.8) is 0 Å². The van der Waals surface area contributed by atoms with Gasteiger partial charge in [-0.3, -0.25) is 0 Å². The number of hydrogen-bond acceptors (Lipinski definition) is 1. The van der Waals surface area contributed by atoms with E-state index in [0.717, 1.165) is 31.3 Å². The molecule has 1 aromatic rings. The molecule has 1 nitrogen and oxygen atoms in total. The van der Waals surface area contributed by atoms with Crippen molar-refractivity contribution in [2.24, 2.45) is 11.8 Å². The zero-order valence-corrected chi connectivity index (χ0v) is 17.6. The van der Waals surface area contributed by atoms with E-state index in [1.54, 1.807) is 0 Å². The average Bonchev–Trinajstić information content (AvgIpc) is 3.40.